The Morgan fingerprint density at radius 3 is 1.27 bits per heavy atom. The van der Waals surface area contributed by atoms with Crippen LogP contribution in [-0.4, -0.2) is 112 Å². The monoisotopic (exact) mass is 534 g/mol. The molecule has 0 heterocycles. The van der Waals surface area contributed by atoms with Gasteiger partial charge in [0, 0.05) is 11.1 Å². The fourth-order valence-electron chi connectivity index (χ4n) is 2.42. The maximum Gasteiger partial charge on any atom is 0.333 e. The molecule has 0 fully saturated rings. The molecule has 0 spiro atoms. The molecule has 37 heavy (non-hydrogen) atoms. The first kappa shape index (κ1) is 35.1. The van der Waals surface area contributed by atoms with Gasteiger partial charge in [-0.15, -0.1) is 0 Å². The van der Waals surface area contributed by atoms with Crippen LogP contribution in [0.15, 0.2) is 24.3 Å². The smallest absolute Gasteiger partial charge is 0.333 e. The molecule has 0 aromatic heterocycles. The van der Waals surface area contributed by atoms with E-state index in [1.807, 2.05) is 27.7 Å². The predicted molar refractivity (Wildman–Crippen MR) is 136 cm³/mol. The van der Waals surface area contributed by atoms with Crippen molar-refractivity contribution in [3.05, 3.63) is 24.3 Å². The Bertz CT molecular complexity index is 681. The number of esters is 2. The lowest BCUT2D eigenvalue weighted by atomic mass is 10.3. The average molecular weight is 535 g/mol. The van der Waals surface area contributed by atoms with Gasteiger partial charge in [-0.2, -0.15) is 0 Å². The van der Waals surface area contributed by atoms with Gasteiger partial charge in [-0.05, 0) is 41.5 Å². The SMILES string of the molecule is C=C(C)C(=O)OCC(O)COCC(C)OCC(C)OCC(C)OCC(C)OCC(O)COC(=O)C(=C)C. The van der Waals surface area contributed by atoms with E-state index in [2.05, 4.69) is 13.2 Å². The number of hydrogen-bond acceptors (Lipinski definition) is 11. The zero-order valence-electron chi connectivity index (χ0n) is 23.1. The van der Waals surface area contributed by atoms with Crippen LogP contribution in [0.2, 0.25) is 0 Å². The lowest BCUT2D eigenvalue weighted by molar-refractivity contribution is -0.144. The molecule has 0 bridgehead atoms. The third kappa shape index (κ3) is 19.9. The zero-order valence-corrected chi connectivity index (χ0v) is 23.1. The van der Waals surface area contributed by atoms with E-state index in [0.29, 0.717) is 19.8 Å². The average Bonchev–Trinajstić information content (AvgIpc) is 2.84. The zero-order chi connectivity index (χ0) is 28.4. The summed E-state index contributed by atoms with van der Waals surface area (Å²) in [6.45, 7) is 18.4. The topological polar surface area (TPSA) is 139 Å². The Kier molecular flexibility index (Phi) is 19.1. The number of aliphatic hydroxyl groups is 2. The molecular weight excluding hydrogens is 488 g/mol. The van der Waals surface area contributed by atoms with Gasteiger partial charge in [-0.25, -0.2) is 9.59 Å². The van der Waals surface area contributed by atoms with Gasteiger partial charge in [0.15, 0.2) is 0 Å². The highest BCUT2D eigenvalue weighted by molar-refractivity contribution is 5.87. The van der Waals surface area contributed by atoms with Crippen LogP contribution in [0.25, 0.3) is 0 Å². The van der Waals surface area contributed by atoms with Crippen LogP contribution in [0, 0.1) is 0 Å². The fourth-order valence-corrected chi connectivity index (χ4v) is 2.42. The molecule has 0 radical (unpaired) electrons. The summed E-state index contributed by atoms with van der Waals surface area (Å²) in [7, 11) is 0. The highest BCUT2D eigenvalue weighted by Gasteiger charge is 2.15. The summed E-state index contributed by atoms with van der Waals surface area (Å²) in [5.41, 5.74) is 0.535. The van der Waals surface area contributed by atoms with Gasteiger partial charge in [-0.1, -0.05) is 13.2 Å². The molecule has 216 valence electrons. The van der Waals surface area contributed by atoms with Gasteiger partial charge in [0.2, 0.25) is 0 Å². The minimum absolute atomic E-state index is 0.0105. The largest absolute Gasteiger partial charge is 0.460 e. The van der Waals surface area contributed by atoms with Crippen molar-refractivity contribution in [1.29, 1.82) is 0 Å². The van der Waals surface area contributed by atoms with E-state index in [4.69, 9.17) is 33.2 Å². The lowest BCUT2D eigenvalue weighted by Gasteiger charge is -2.22. The summed E-state index contributed by atoms with van der Waals surface area (Å²) >= 11 is 0. The van der Waals surface area contributed by atoms with Crippen molar-refractivity contribution >= 4 is 11.9 Å². The Labute approximate surface area is 220 Å². The molecule has 0 aromatic carbocycles. The van der Waals surface area contributed by atoms with Crippen LogP contribution in [0.1, 0.15) is 41.5 Å². The highest BCUT2D eigenvalue weighted by atomic mass is 16.6. The Morgan fingerprint density at radius 2 is 0.892 bits per heavy atom. The van der Waals surface area contributed by atoms with Gasteiger partial charge in [-0.3, -0.25) is 0 Å². The molecule has 0 rings (SSSR count). The number of carbonyl (C=O) groups excluding carboxylic acids is 2. The van der Waals surface area contributed by atoms with Crippen molar-refractivity contribution in [1.82, 2.24) is 0 Å². The van der Waals surface area contributed by atoms with Crippen molar-refractivity contribution in [2.45, 2.75) is 78.2 Å². The Hall–Kier alpha value is -1.86. The van der Waals surface area contributed by atoms with Gasteiger partial charge >= 0.3 is 11.9 Å². The number of rotatable bonds is 22. The van der Waals surface area contributed by atoms with E-state index in [9.17, 15) is 19.8 Å². The molecule has 0 aliphatic carbocycles. The Morgan fingerprint density at radius 1 is 0.568 bits per heavy atom. The van der Waals surface area contributed by atoms with Gasteiger partial charge in [0.1, 0.15) is 25.4 Å². The van der Waals surface area contributed by atoms with E-state index in [0.717, 1.165) is 0 Å². The molecule has 0 saturated heterocycles. The molecular formula is C26H46O11. The number of aliphatic hydroxyl groups excluding tert-OH is 2. The maximum absolute atomic E-state index is 11.3. The van der Waals surface area contributed by atoms with Crippen LogP contribution < -0.4 is 0 Å². The fraction of sp³-hybridized carbons (Fsp3) is 0.769. The summed E-state index contributed by atoms with van der Waals surface area (Å²) in [6.07, 6.45) is -2.71. The highest BCUT2D eigenvalue weighted by Crippen LogP contribution is 2.04. The maximum atomic E-state index is 11.3. The second-order valence-electron chi connectivity index (χ2n) is 9.18. The first-order valence-electron chi connectivity index (χ1n) is 12.4. The molecule has 0 aromatic rings. The molecule has 11 nitrogen and oxygen atoms in total. The molecule has 0 amide bonds. The quantitative estimate of drug-likeness (QED) is 0.155. The minimum atomic E-state index is -0.934. The summed E-state index contributed by atoms with van der Waals surface area (Å²) in [5, 5.41) is 19.6. The van der Waals surface area contributed by atoms with Crippen molar-refractivity contribution < 1.29 is 53.0 Å². The van der Waals surface area contributed by atoms with Crippen LogP contribution in [0.5, 0.6) is 0 Å². The van der Waals surface area contributed by atoms with E-state index in [1.54, 1.807) is 0 Å². The van der Waals surface area contributed by atoms with Gasteiger partial charge in [0.05, 0.1) is 64.1 Å². The molecule has 0 saturated carbocycles. The number of ether oxygens (including phenoxy) is 7. The molecule has 6 unspecified atom stereocenters. The first-order chi connectivity index (χ1) is 17.3. The third-order valence-electron chi connectivity index (χ3n) is 4.59. The van der Waals surface area contributed by atoms with Crippen LogP contribution in [0.4, 0.5) is 0 Å². The molecule has 0 aliphatic heterocycles. The summed E-state index contributed by atoms with van der Waals surface area (Å²) in [6, 6.07) is 0. The van der Waals surface area contributed by atoms with E-state index < -0.39 is 24.1 Å². The third-order valence-corrected chi connectivity index (χ3v) is 4.59. The summed E-state index contributed by atoms with van der Waals surface area (Å²) < 4.78 is 37.8. The minimum Gasteiger partial charge on any atom is -0.460 e. The van der Waals surface area contributed by atoms with E-state index in [1.165, 1.54) is 13.8 Å². The standard InChI is InChI=1S/C26H46O11/c1-17(2)25(29)36-15-23(27)13-31-9-19(5)32-10-20(6)33-11-21(7)34-12-22(8)35-14-24(28)16-37-26(30)18(3)4/h19-24,27-28H,1,3,9-16H2,2,4-8H3. The molecule has 2 N–H and O–H groups in total. The Balaban J connectivity index is 3.87. The lowest BCUT2D eigenvalue weighted by Crippen LogP contribution is -2.30. The van der Waals surface area contributed by atoms with Crippen LogP contribution in [0.3, 0.4) is 0 Å². The van der Waals surface area contributed by atoms with E-state index >= 15 is 0 Å². The van der Waals surface area contributed by atoms with Crippen LogP contribution >= 0.6 is 0 Å². The van der Waals surface area contributed by atoms with E-state index in [-0.39, 0.29) is 68.6 Å². The van der Waals surface area contributed by atoms with Crippen molar-refractivity contribution in [3.8, 4) is 0 Å². The normalized spacial score (nSPS) is 16.2. The van der Waals surface area contributed by atoms with Crippen molar-refractivity contribution in [2.24, 2.45) is 0 Å². The second-order valence-corrected chi connectivity index (χ2v) is 9.18. The number of carbonyl (C=O) groups is 2. The van der Waals surface area contributed by atoms with Crippen LogP contribution in [-0.2, 0) is 42.7 Å². The van der Waals surface area contributed by atoms with Gasteiger partial charge in [0.25, 0.3) is 0 Å². The summed E-state index contributed by atoms with van der Waals surface area (Å²) in [4.78, 5) is 22.6. The van der Waals surface area contributed by atoms with Crippen molar-refractivity contribution in [3.63, 3.8) is 0 Å². The molecule has 0 aliphatic rings. The molecule has 6 atom stereocenters. The number of hydrogen-bond donors (Lipinski definition) is 2. The summed E-state index contributed by atoms with van der Waals surface area (Å²) in [5.74, 6) is -1.11. The van der Waals surface area contributed by atoms with Crippen molar-refractivity contribution in [2.75, 3.05) is 52.9 Å². The predicted octanol–water partition coefficient (Wildman–Crippen LogP) is 1.58. The molecule has 11 heteroatoms. The second kappa shape index (κ2) is 20.1. The van der Waals surface area contributed by atoms with Gasteiger partial charge < -0.3 is 43.4 Å². The first-order valence-corrected chi connectivity index (χ1v) is 12.4.